The molecule has 0 amide bonds. The Bertz CT molecular complexity index is 501. The molecule has 0 radical (unpaired) electrons. The summed E-state index contributed by atoms with van der Waals surface area (Å²) >= 11 is 0. The normalized spacial score (nSPS) is 20.0. The lowest BCUT2D eigenvalue weighted by Crippen LogP contribution is -2.43. The number of aromatic nitrogens is 1. The van der Waals surface area contributed by atoms with Crippen LogP contribution in [-0.4, -0.2) is 53.8 Å². The molecule has 0 bridgehead atoms. The fraction of sp³-hybridized carbons (Fsp3) is 0.647. The zero-order chi connectivity index (χ0) is 16.7. The number of piperidine rings is 1. The number of nitrogens with zero attached hydrogens (tertiary/aromatic N) is 2. The fourth-order valence-electron chi connectivity index (χ4n) is 2.86. The van der Waals surface area contributed by atoms with Gasteiger partial charge in [0.25, 0.3) is 0 Å². The number of hydrogen-bond acceptors (Lipinski definition) is 5. The first-order valence-corrected chi connectivity index (χ1v) is 8.28. The molecule has 0 N–H and O–H groups in total. The maximum absolute atomic E-state index is 12.1. The van der Waals surface area contributed by atoms with Crippen LogP contribution < -0.4 is 0 Å². The van der Waals surface area contributed by atoms with E-state index in [9.17, 15) is 9.59 Å². The summed E-state index contributed by atoms with van der Waals surface area (Å²) in [6.07, 6.45) is 5.87. The van der Waals surface area contributed by atoms with Gasteiger partial charge in [-0.15, -0.1) is 0 Å². The molecule has 1 aromatic heterocycles. The van der Waals surface area contributed by atoms with Crippen molar-refractivity contribution in [2.24, 2.45) is 0 Å². The topological polar surface area (TPSA) is 60.8 Å². The first-order chi connectivity index (χ1) is 11.1. The molecule has 0 aromatic carbocycles. The van der Waals surface area contributed by atoms with Gasteiger partial charge in [0.2, 0.25) is 0 Å². The molecule has 6 heteroatoms. The van der Waals surface area contributed by atoms with Gasteiger partial charge in [-0.3, -0.25) is 14.5 Å². The molecule has 0 saturated carbocycles. The summed E-state index contributed by atoms with van der Waals surface area (Å²) in [5.74, 6) is -0.408. The number of likely N-dealkylation sites (tertiary alicyclic amines) is 1. The molecule has 6 nitrogen and oxygen atoms in total. The largest absolute Gasteiger partial charge is 0.465 e. The van der Waals surface area contributed by atoms with Gasteiger partial charge in [-0.05, 0) is 45.4 Å². The molecular weight excluding hydrogens is 296 g/mol. The van der Waals surface area contributed by atoms with Crippen LogP contribution in [0, 0.1) is 0 Å². The van der Waals surface area contributed by atoms with Crippen LogP contribution in [-0.2, 0) is 19.1 Å². The summed E-state index contributed by atoms with van der Waals surface area (Å²) in [4.78, 5) is 25.6. The molecule has 0 spiro atoms. The minimum absolute atomic E-state index is 0.0803. The Labute approximate surface area is 137 Å². The van der Waals surface area contributed by atoms with E-state index in [-0.39, 0.29) is 30.6 Å². The Morgan fingerprint density at radius 1 is 1.26 bits per heavy atom. The summed E-state index contributed by atoms with van der Waals surface area (Å²) in [6, 6.07) is 3.96. The van der Waals surface area contributed by atoms with E-state index < -0.39 is 0 Å². The number of esters is 2. The molecule has 2 heterocycles. The Hall–Kier alpha value is -1.82. The highest BCUT2D eigenvalue weighted by Gasteiger charge is 2.25. The highest BCUT2D eigenvalue weighted by Crippen LogP contribution is 2.17. The molecule has 0 aliphatic carbocycles. The van der Waals surface area contributed by atoms with Gasteiger partial charge in [0.05, 0.1) is 19.6 Å². The molecule has 1 aliphatic heterocycles. The second-order valence-electron chi connectivity index (χ2n) is 5.98. The number of carbonyl (C=O) groups excluding carboxylic acids is 2. The molecule has 2 rings (SSSR count). The van der Waals surface area contributed by atoms with Crippen molar-refractivity contribution in [3.05, 3.63) is 24.5 Å². The smallest absolute Gasteiger partial charge is 0.320 e. The zero-order valence-electron chi connectivity index (χ0n) is 13.9. The third-order valence-corrected chi connectivity index (χ3v) is 4.02. The van der Waals surface area contributed by atoms with Gasteiger partial charge in [-0.25, -0.2) is 0 Å². The van der Waals surface area contributed by atoms with Gasteiger partial charge in [-0.1, -0.05) is 0 Å². The van der Waals surface area contributed by atoms with Crippen molar-refractivity contribution in [2.45, 2.75) is 45.3 Å². The van der Waals surface area contributed by atoms with Gasteiger partial charge >= 0.3 is 11.9 Å². The highest BCUT2D eigenvalue weighted by molar-refractivity contribution is 5.71. The standard InChI is InChI=1S/C17H26N2O4/c1-3-22-17(21)13-18-8-6-7-15(12-18)23-16(20)11-14(2)19-9-4-5-10-19/h4-5,9-10,14-15H,3,6-8,11-13H2,1-2H3/t14-,15+/m0/s1. The number of carbonyl (C=O) groups is 2. The van der Waals surface area contributed by atoms with Gasteiger partial charge in [-0.2, -0.15) is 0 Å². The van der Waals surface area contributed by atoms with Crippen LogP contribution in [0.4, 0.5) is 0 Å². The van der Waals surface area contributed by atoms with Crippen LogP contribution in [0.3, 0.4) is 0 Å². The molecule has 1 saturated heterocycles. The van der Waals surface area contributed by atoms with Crippen molar-refractivity contribution >= 4 is 11.9 Å². The summed E-state index contributed by atoms with van der Waals surface area (Å²) in [5.41, 5.74) is 0. The van der Waals surface area contributed by atoms with Crippen LogP contribution in [0.2, 0.25) is 0 Å². The van der Waals surface area contributed by atoms with Gasteiger partial charge in [0, 0.05) is 25.0 Å². The highest BCUT2D eigenvalue weighted by atomic mass is 16.5. The van der Waals surface area contributed by atoms with Crippen molar-refractivity contribution in [3.8, 4) is 0 Å². The van der Waals surface area contributed by atoms with Crippen molar-refractivity contribution < 1.29 is 19.1 Å². The predicted octanol–water partition coefficient (Wildman–Crippen LogP) is 2.01. The van der Waals surface area contributed by atoms with Crippen LogP contribution in [0.5, 0.6) is 0 Å². The molecular formula is C17H26N2O4. The lowest BCUT2D eigenvalue weighted by molar-refractivity contribution is -0.153. The summed E-state index contributed by atoms with van der Waals surface area (Å²) in [7, 11) is 0. The maximum Gasteiger partial charge on any atom is 0.320 e. The minimum atomic E-state index is -0.222. The Morgan fingerprint density at radius 2 is 2.00 bits per heavy atom. The molecule has 23 heavy (non-hydrogen) atoms. The van der Waals surface area contributed by atoms with E-state index in [1.807, 2.05) is 40.9 Å². The molecule has 128 valence electrons. The second kappa shape index (κ2) is 8.72. The van der Waals surface area contributed by atoms with E-state index in [0.717, 1.165) is 19.4 Å². The maximum atomic E-state index is 12.1. The predicted molar refractivity (Wildman–Crippen MR) is 85.9 cm³/mol. The van der Waals surface area contributed by atoms with E-state index in [1.165, 1.54) is 0 Å². The van der Waals surface area contributed by atoms with Gasteiger partial charge in [0.1, 0.15) is 6.10 Å². The van der Waals surface area contributed by atoms with Crippen molar-refractivity contribution in [2.75, 3.05) is 26.2 Å². The van der Waals surface area contributed by atoms with Crippen molar-refractivity contribution in [3.63, 3.8) is 0 Å². The average Bonchev–Trinajstić information content (AvgIpc) is 3.01. The first-order valence-electron chi connectivity index (χ1n) is 8.28. The van der Waals surface area contributed by atoms with E-state index in [0.29, 0.717) is 19.6 Å². The Kier molecular flexibility index (Phi) is 6.65. The lowest BCUT2D eigenvalue weighted by Gasteiger charge is -2.31. The van der Waals surface area contributed by atoms with Crippen LogP contribution >= 0.6 is 0 Å². The molecule has 2 atom stereocenters. The van der Waals surface area contributed by atoms with E-state index in [4.69, 9.17) is 9.47 Å². The zero-order valence-corrected chi connectivity index (χ0v) is 13.9. The van der Waals surface area contributed by atoms with Crippen LogP contribution in [0.1, 0.15) is 39.2 Å². The average molecular weight is 322 g/mol. The van der Waals surface area contributed by atoms with Gasteiger partial charge < -0.3 is 14.0 Å². The first kappa shape index (κ1) is 17.5. The van der Waals surface area contributed by atoms with E-state index >= 15 is 0 Å². The van der Waals surface area contributed by atoms with Crippen LogP contribution in [0.25, 0.3) is 0 Å². The summed E-state index contributed by atoms with van der Waals surface area (Å²) in [6.45, 7) is 5.89. The SMILES string of the molecule is CCOC(=O)CN1CCC[C@@H](OC(=O)C[C@H](C)n2cccc2)C1. The fourth-order valence-corrected chi connectivity index (χ4v) is 2.86. The third kappa shape index (κ3) is 5.71. The van der Waals surface area contributed by atoms with E-state index in [2.05, 4.69) is 0 Å². The number of hydrogen-bond donors (Lipinski definition) is 0. The van der Waals surface area contributed by atoms with Crippen molar-refractivity contribution in [1.29, 1.82) is 0 Å². The number of rotatable bonds is 7. The summed E-state index contributed by atoms with van der Waals surface area (Å²) in [5, 5.41) is 0. The van der Waals surface area contributed by atoms with Crippen LogP contribution in [0.15, 0.2) is 24.5 Å². The number of ether oxygens (including phenoxy) is 2. The lowest BCUT2D eigenvalue weighted by atomic mass is 10.1. The second-order valence-corrected chi connectivity index (χ2v) is 5.98. The summed E-state index contributed by atoms with van der Waals surface area (Å²) < 4.78 is 12.5. The molecule has 0 unspecified atom stereocenters. The molecule has 1 fully saturated rings. The Balaban J connectivity index is 1.75. The van der Waals surface area contributed by atoms with Gasteiger partial charge in [0.15, 0.2) is 0 Å². The van der Waals surface area contributed by atoms with Crippen molar-refractivity contribution in [1.82, 2.24) is 9.47 Å². The quantitative estimate of drug-likeness (QED) is 0.719. The Morgan fingerprint density at radius 3 is 2.70 bits per heavy atom. The van der Waals surface area contributed by atoms with E-state index in [1.54, 1.807) is 6.92 Å². The third-order valence-electron chi connectivity index (χ3n) is 4.02. The minimum Gasteiger partial charge on any atom is -0.465 e. The molecule has 1 aliphatic rings. The molecule has 1 aromatic rings. The monoisotopic (exact) mass is 322 g/mol.